The molecule has 228 valence electrons. The molecule has 2 aromatic carbocycles. The van der Waals surface area contributed by atoms with Gasteiger partial charge in [-0.05, 0) is 72.2 Å². The number of amides is 1. The molecule has 15 heteroatoms. The summed E-state index contributed by atoms with van der Waals surface area (Å²) in [5, 5.41) is 18.3. The third kappa shape index (κ3) is 7.64. The third-order valence-electron chi connectivity index (χ3n) is 5.70. The van der Waals surface area contributed by atoms with E-state index in [1.165, 1.54) is 23.7 Å². The van der Waals surface area contributed by atoms with Gasteiger partial charge in [-0.2, -0.15) is 18.3 Å². The molecule has 0 bridgehead atoms. The van der Waals surface area contributed by atoms with Crippen LogP contribution >= 0.6 is 0 Å². The Morgan fingerprint density at radius 1 is 1.07 bits per heavy atom. The van der Waals surface area contributed by atoms with Gasteiger partial charge in [-0.3, -0.25) is 14.9 Å². The van der Waals surface area contributed by atoms with Crippen molar-refractivity contribution in [3.63, 3.8) is 0 Å². The highest BCUT2D eigenvalue weighted by atomic mass is 32.2. The van der Waals surface area contributed by atoms with Crippen molar-refractivity contribution in [2.24, 2.45) is 0 Å². The number of alkyl halides is 3. The lowest BCUT2D eigenvalue weighted by atomic mass is 10.1. The zero-order chi connectivity index (χ0) is 31.8. The lowest BCUT2D eigenvalue weighted by Gasteiger charge is -2.24. The summed E-state index contributed by atoms with van der Waals surface area (Å²) in [6.07, 6.45) is -4.54. The predicted octanol–water partition coefficient (Wildman–Crippen LogP) is 5.67. The fraction of sp³-hybridized carbons (Fsp3) is 0.407. The number of sulfonamides is 1. The molecule has 1 amide bonds. The second-order valence-corrected chi connectivity index (χ2v) is 13.2. The van der Waals surface area contributed by atoms with Crippen LogP contribution in [0.5, 0.6) is 11.6 Å². The smallest absolute Gasteiger partial charge is 0.416 e. The molecule has 1 aromatic heterocycles. The number of rotatable bonds is 8. The van der Waals surface area contributed by atoms with E-state index >= 15 is 0 Å². The minimum atomic E-state index is -4.54. The number of benzene rings is 2. The van der Waals surface area contributed by atoms with E-state index in [9.17, 15) is 36.5 Å². The average Bonchev–Trinajstić information content (AvgIpc) is 3.17. The van der Waals surface area contributed by atoms with E-state index in [0.29, 0.717) is 0 Å². The Balaban J connectivity index is 2.03. The summed E-state index contributed by atoms with van der Waals surface area (Å²) in [5.74, 6) is -0.960. The first-order chi connectivity index (χ1) is 19.1. The van der Waals surface area contributed by atoms with Gasteiger partial charge in [0.15, 0.2) is 5.69 Å². The van der Waals surface area contributed by atoms with E-state index in [2.05, 4.69) is 15.1 Å². The van der Waals surface area contributed by atoms with Gasteiger partial charge in [0.2, 0.25) is 15.9 Å². The standard InChI is InChI=1S/C27H32F3N5O6S/c1-16-22(23(36)31-15-17-9-8-10-18(13-17)27(28,29)30)32-34(26(5,6)7)24(16)41-20-12-11-19(35(37)38)14-21(20)42(39,40)33-25(2,3)4/h8-14,33H,15H2,1-7H3,(H,31,36). The summed E-state index contributed by atoms with van der Waals surface area (Å²) < 4.78 is 75.6. The Labute approximate surface area is 241 Å². The lowest BCUT2D eigenvalue weighted by molar-refractivity contribution is -0.385. The number of nitro benzene ring substituents is 1. The molecule has 0 saturated carbocycles. The number of halogens is 3. The number of hydrogen-bond donors (Lipinski definition) is 2. The van der Waals surface area contributed by atoms with Crippen molar-refractivity contribution in [1.29, 1.82) is 0 Å². The summed E-state index contributed by atoms with van der Waals surface area (Å²) in [6, 6.07) is 7.63. The summed E-state index contributed by atoms with van der Waals surface area (Å²) in [7, 11) is -4.32. The Morgan fingerprint density at radius 2 is 1.71 bits per heavy atom. The zero-order valence-corrected chi connectivity index (χ0v) is 24.9. The van der Waals surface area contributed by atoms with E-state index in [1.807, 2.05) is 0 Å². The average molecular weight is 612 g/mol. The van der Waals surface area contributed by atoms with Gasteiger partial charge in [-0.15, -0.1) is 0 Å². The van der Waals surface area contributed by atoms with Gasteiger partial charge in [0.1, 0.15) is 10.6 Å². The maximum atomic E-state index is 13.2. The Kier molecular flexibility index (Phi) is 8.80. The topological polar surface area (TPSA) is 145 Å². The molecule has 1 heterocycles. The largest absolute Gasteiger partial charge is 0.438 e. The number of aromatic nitrogens is 2. The van der Waals surface area contributed by atoms with Crippen LogP contribution in [0.2, 0.25) is 0 Å². The van der Waals surface area contributed by atoms with Crippen molar-refractivity contribution in [3.05, 3.63) is 75.0 Å². The van der Waals surface area contributed by atoms with Gasteiger partial charge in [0.25, 0.3) is 11.6 Å². The number of nitrogens with zero attached hydrogens (tertiary/aromatic N) is 3. The van der Waals surface area contributed by atoms with Crippen LogP contribution in [0.1, 0.15) is 68.7 Å². The number of carbonyl (C=O) groups is 1. The fourth-order valence-corrected chi connectivity index (χ4v) is 5.43. The van der Waals surface area contributed by atoms with E-state index in [0.717, 1.165) is 30.3 Å². The van der Waals surface area contributed by atoms with Crippen LogP contribution in [0.15, 0.2) is 47.4 Å². The van der Waals surface area contributed by atoms with Gasteiger partial charge >= 0.3 is 6.18 Å². The third-order valence-corrected chi connectivity index (χ3v) is 7.48. The van der Waals surface area contributed by atoms with E-state index in [-0.39, 0.29) is 35.0 Å². The summed E-state index contributed by atoms with van der Waals surface area (Å²) in [4.78, 5) is 23.3. The van der Waals surface area contributed by atoms with Crippen LogP contribution < -0.4 is 14.8 Å². The van der Waals surface area contributed by atoms with Gasteiger partial charge in [0.05, 0.1) is 16.0 Å². The maximum Gasteiger partial charge on any atom is 0.416 e. The number of ether oxygens (including phenoxy) is 1. The highest BCUT2D eigenvalue weighted by Gasteiger charge is 2.33. The van der Waals surface area contributed by atoms with Crippen LogP contribution in [-0.2, 0) is 28.3 Å². The van der Waals surface area contributed by atoms with Crippen molar-refractivity contribution >= 4 is 21.6 Å². The molecule has 0 aliphatic carbocycles. The number of hydrogen-bond acceptors (Lipinski definition) is 7. The molecule has 0 saturated heterocycles. The molecule has 11 nitrogen and oxygen atoms in total. The lowest BCUT2D eigenvalue weighted by Crippen LogP contribution is -2.40. The molecule has 0 atom stereocenters. The van der Waals surface area contributed by atoms with Crippen LogP contribution in [0.25, 0.3) is 0 Å². The molecule has 0 radical (unpaired) electrons. The summed E-state index contributed by atoms with van der Waals surface area (Å²) in [5.41, 5.74) is -2.73. The summed E-state index contributed by atoms with van der Waals surface area (Å²) >= 11 is 0. The van der Waals surface area contributed by atoms with Crippen LogP contribution in [-0.4, -0.2) is 34.6 Å². The van der Waals surface area contributed by atoms with Gasteiger partial charge < -0.3 is 10.1 Å². The maximum absolute atomic E-state index is 13.2. The van der Waals surface area contributed by atoms with Crippen molar-refractivity contribution in [3.8, 4) is 11.6 Å². The first kappa shape index (κ1) is 32.5. The van der Waals surface area contributed by atoms with Gasteiger partial charge in [-0.1, -0.05) is 12.1 Å². The molecule has 42 heavy (non-hydrogen) atoms. The molecule has 0 aliphatic rings. The number of non-ortho nitro benzene ring substituents is 1. The SMILES string of the molecule is Cc1c(C(=O)NCc2cccc(C(F)(F)F)c2)nn(C(C)(C)C)c1Oc1ccc([N+](=O)[O-])cc1S(=O)(=O)NC(C)(C)C. The molecule has 2 N–H and O–H groups in total. The minimum absolute atomic E-state index is 0.00668. The van der Waals surface area contributed by atoms with Crippen molar-refractivity contribution in [2.75, 3.05) is 0 Å². The van der Waals surface area contributed by atoms with Crippen LogP contribution in [0.3, 0.4) is 0 Å². The van der Waals surface area contributed by atoms with Crippen molar-refractivity contribution in [2.45, 2.75) is 77.2 Å². The normalized spacial score (nSPS) is 12.7. The Bertz CT molecular complexity index is 1620. The van der Waals surface area contributed by atoms with Gasteiger partial charge in [0, 0.05) is 29.8 Å². The predicted molar refractivity (Wildman–Crippen MR) is 148 cm³/mol. The Hall–Kier alpha value is -3.98. The van der Waals surface area contributed by atoms with E-state index < -0.39 is 54.3 Å². The molecule has 0 spiro atoms. The Morgan fingerprint density at radius 3 is 2.26 bits per heavy atom. The highest BCUT2D eigenvalue weighted by Crippen LogP contribution is 2.37. The monoisotopic (exact) mass is 611 g/mol. The molecule has 3 aromatic rings. The first-order valence-electron chi connectivity index (χ1n) is 12.6. The molecule has 0 aliphatic heterocycles. The zero-order valence-electron chi connectivity index (χ0n) is 24.1. The number of nitro groups is 1. The number of carbonyl (C=O) groups excluding carboxylic acids is 1. The molecular formula is C27H32F3N5O6S. The van der Waals surface area contributed by atoms with E-state index in [4.69, 9.17) is 4.74 Å². The highest BCUT2D eigenvalue weighted by molar-refractivity contribution is 7.89. The first-order valence-corrected chi connectivity index (χ1v) is 14.1. The van der Waals surface area contributed by atoms with Crippen LogP contribution in [0.4, 0.5) is 18.9 Å². The molecular weight excluding hydrogens is 579 g/mol. The summed E-state index contributed by atoms with van der Waals surface area (Å²) in [6.45, 7) is 11.4. The van der Waals surface area contributed by atoms with Crippen molar-refractivity contribution < 1.29 is 36.0 Å². The second kappa shape index (κ2) is 11.4. The quantitative estimate of drug-likeness (QED) is 0.246. The molecule has 3 rings (SSSR count). The van der Waals surface area contributed by atoms with E-state index in [1.54, 1.807) is 41.5 Å². The van der Waals surface area contributed by atoms with Crippen molar-refractivity contribution in [1.82, 2.24) is 19.8 Å². The van der Waals surface area contributed by atoms with Gasteiger partial charge in [-0.25, -0.2) is 17.8 Å². The molecule has 0 fully saturated rings. The minimum Gasteiger partial charge on any atom is -0.438 e. The molecule has 0 unspecified atom stereocenters. The van der Waals surface area contributed by atoms with Crippen LogP contribution in [0, 0.1) is 17.0 Å². The fourth-order valence-electron chi connectivity index (χ4n) is 3.86. The second-order valence-electron chi connectivity index (χ2n) is 11.6. The number of nitrogens with one attached hydrogen (secondary N) is 2.